The van der Waals surface area contributed by atoms with Crippen LogP contribution < -0.4 is 0 Å². The van der Waals surface area contributed by atoms with Gasteiger partial charge in [0.15, 0.2) is 0 Å². The summed E-state index contributed by atoms with van der Waals surface area (Å²) >= 11 is 3.27. The maximum atomic E-state index is 11.9. The summed E-state index contributed by atoms with van der Waals surface area (Å²) in [5, 5.41) is 0. The molecule has 0 aliphatic heterocycles. The van der Waals surface area contributed by atoms with E-state index in [2.05, 4.69) is 15.9 Å². The molecule has 0 fully saturated rings. The van der Waals surface area contributed by atoms with Gasteiger partial charge in [-0.25, -0.2) is 0 Å². The van der Waals surface area contributed by atoms with Gasteiger partial charge in [-0.3, -0.25) is 0 Å². The second-order valence-electron chi connectivity index (χ2n) is 3.25. The van der Waals surface area contributed by atoms with E-state index in [1.54, 1.807) is 24.9 Å². The van der Waals surface area contributed by atoms with Gasteiger partial charge in [0.2, 0.25) is 0 Å². The lowest BCUT2D eigenvalue weighted by atomic mass is 10.3. The van der Waals surface area contributed by atoms with Crippen LogP contribution in [-0.2, 0) is 0 Å². The summed E-state index contributed by atoms with van der Waals surface area (Å²) in [6, 6.07) is 0. The zero-order chi connectivity index (χ0) is 12.1. The zero-order valence-electron chi connectivity index (χ0n) is 9.03. The first-order chi connectivity index (χ1) is 6.76. The molecule has 0 unspecified atom stereocenters. The molecule has 0 spiro atoms. The molecule has 0 radical (unpaired) electrons. The maximum Gasteiger partial charge on any atom is 0.390 e. The highest BCUT2D eigenvalue weighted by Gasteiger charge is 2.27. The van der Waals surface area contributed by atoms with E-state index in [0.717, 1.165) is 10.2 Å². The first-order valence-electron chi connectivity index (χ1n) is 4.54. The van der Waals surface area contributed by atoms with Gasteiger partial charge < -0.3 is 4.90 Å². The normalized spacial score (nSPS) is 14.3. The van der Waals surface area contributed by atoms with Crippen LogP contribution in [0.5, 0.6) is 0 Å². The van der Waals surface area contributed by atoms with Crippen LogP contribution in [0.25, 0.3) is 0 Å². The van der Waals surface area contributed by atoms with Crippen LogP contribution in [0, 0.1) is 0 Å². The van der Waals surface area contributed by atoms with Crippen molar-refractivity contribution in [1.82, 2.24) is 4.90 Å². The number of hydrogen-bond donors (Lipinski definition) is 0. The lowest BCUT2D eigenvalue weighted by Crippen LogP contribution is -2.23. The van der Waals surface area contributed by atoms with Crippen LogP contribution in [0.4, 0.5) is 13.2 Å². The minimum atomic E-state index is -4.09. The van der Waals surface area contributed by atoms with Crippen LogP contribution in [0.2, 0.25) is 0 Å². The molecule has 0 saturated carbocycles. The highest BCUT2D eigenvalue weighted by atomic mass is 79.9. The van der Waals surface area contributed by atoms with E-state index >= 15 is 0 Å². The number of allylic oxidation sites excluding steroid dienone is 4. The van der Waals surface area contributed by atoms with Crippen molar-refractivity contribution in [1.29, 1.82) is 0 Å². The van der Waals surface area contributed by atoms with E-state index in [0.29, 0.717) is 0 Å². The number of nitrogens with zero attached hydrogens (tertiary/aromatic N) is 1. The molecule has 0 rings (SSSR count). The Morgan fingerprint density at radius 1 is 1.40 bits per heavy atom. The Hall–Kier alpha value is -0.450. The second kappa shape index (κ2) is 6.20. The van der Waals surface area contributed by atoms with Crippen molar-refractivity contribution in [2.24, 2.45) is 0 Å². The third-order valence-electron chi connectivity index (χ3n) is 1.96. The van der Waals surface area contributed by atoms with Crippen LogP contribution in [0.1, 0.15) is 20.3 Å². The van der Waals surface area contributed by atoms with Crippen LogP contribution in [-0.4, -0.2) is 24.7 Å². The van der Waals surface area contributed by atoms with Crippen molar-refractivity contribution in [3.8, 4) is 0 Å². The average Bonchev–Trinajstić information content (AvgIpc) is 2.12. The minimum Gasteiger partial charge on any atom is -0.378 e. The molecule has 0 aliphatic carbocycles. The molecule has 0 aromatic carbocycles. The second-order valence-corrected chi connectivity index (χ2v) is 4.16. The van der Waals surface area contributed by atoms with Crippen molar-refractivity contribution in [2.45, 2.75) is 26.4 Å². The van der Waals surface area contributed by atoms with Gasteiger partial charge in [0.1, 0.15) is 0 Å². The summed E-state index contributed by atoms with van der Waals surface area (Å²) in [6.45, 7) is 3.61. The fraction of sp³-hybridized carbons (Fsp3) is 0.600. The molecule has 0 N–H and O–H groups in total. The van der Waals surface area contributed by atoms with Crippen molar-refractivity contribution in [2.75, 3.05) is 13.6 Å². The first-order valence-corrected chi connectivity index (χ1v) is 5.33. The van der Waals surface area contributed by atoms with Crippen molar-refractivity contribution < 1.29 is 13.2 Å². The molecule has 88 valence electrons. The largest absolute Gasteiger partial charge is 0.390 e. The topological polar surface area (TPSA) is 3.24 Å². The molecular formula is C10H15BrF3N. The van der Waals surface area contributed by atoms with Crippen LogP contribution in [0.15, 0.2) is 22.3 Å². The number of hydrogen-bond acceptors (Lipinski definition) is 1. The minimum absolute atomic E-state index is 0.0180. The van der Waals surface area contributed by atoms with E-state index < -0.39 is 12.6 Å². The van der Waals surface area contributed by atoms with Gasteiger partial charge in [-0.05, 0) is 19.9 Å². The smallest absolute Gasteiger partial charge is 0.378 e. The Bertz CT molecular complexity index is 256. The predicted octanol–water partition coefficient (Wildman–Crippen LogP) is 4.07. The Morgan fingerprint density at radius 3 is 2.33 bits per heavy atom. The SMILES string of the molecule is CC=C(Br)C=C(C)N(C)CCC(F)(F)F. The van der Waals surface area contributed by atoms with E-state index in [1.807, 2.05) is 13.0 Å². The third-order valence-corrected chi connectivity index (χ3v) is 2.64. The number of alkyl halides is 3. The van der Waals surface area contributed by atoms with Gasteiger partial charge >= 0.3 is 6.18 Å². The monoisotopic (exact) mass is 285 g/mol. The summed E-state index contributed by atoms with van der Waals surface area (Å²) in [7, 11) is 1.65. The van der Waals surface area contributed by atoms with Crippen LogP contribution >= 0.6 is 15.9 Å². The maximum absolute atomic E-state index is 11.9. The van der Waals surface area contributed by atoms with Crippen molar-refractivity contribution in [3.05, 3.63) is 22.3 Å². The molecule has 0 aliphatic rings. The van der Waals surface area contributed by atoms with Gasteiger partial charge in [0.25, 0.3) is 0 Å². The van der Waals surface area contributed by atoms with Gasteiger partial charge in [-0.2, -0.15) is 13.2 Å². The lowest BCUT2D eigenvalue weighted by Gasteiger charge is -2.20. The Morgan fingerprint density at radius 2 is 1.93 bits per heavy atom. The molecule has 0 aromatic heterocycles. The first kappa shape index (κ1) is 14.6. The molecular weight excluding hydrogens is 271 g/mol. The number of halogens is 4. The van der Waals surface area contributed by atoms with E-state index in [9.17, 15) is 13.2 Å². The van der Waals surface area contributed by atoms with E-state index in [4.69, 9.17) is 0 Å². The van der Waals surface area contributed by atoms with Crippen molar-refractivity contribution in [3.63, 3.8) is 0 Å². The molecule has 0 amide bonds. The standard InChI is InChI=1S/C10H15BrF3N/c1-4-9(11)7-8(2)15(3)6-5-10(12,13)14/h4,7H,5-6H2,1-3H3. The highest BCUT2D eigenvalue weighted by molar-refractivity contribution is 9.11. The quantitative estimate of drug-likeness (QED) is 0.704. The molecule has 0 heterocycles. The molecule has 0 aromatic rings. The fourth-order valence-corrected chi connectivity index (χ4v) is 1.20. The molecule has 0 bridgehead atoms. The Kier molecular flexibility index (Phi) is 6.02. The molecule has 0 saturated heterocycles. The number of rotatable bonds is 4. The summed E-state index contributed by atoms with van der Waals surface area (Å²) in [5.74, 6) is 0. The van der Waals surface area contributed by atoms with Gasteiger partial charge in [0.05, 0.1) is 6.42 Å². The van der Waals surface area contributed by atoms with Gasteiger partial charge in [-0.15, -0.1) is 0 Å². The highest BCUT2D eigenvalue weighted by Crippen LogP contribution is 2.20. The molecule has 1 nitrogen and oxygen atoms in total. The van der Waals surface area contributed by atoms with E-state index in [-0.39, 0.29) is 6.54 Å². The summed E-state index contributed by atoms with van der Waals surface area (Å²) < 4.78 is 36.7. The summed E-state index contributed by atoms with van der Waals surface area (Å²) in [5.41, 5.74) is 0.796. The third kappa shape index (κ3) is 7.48. The van der Waals surface area contributed by atoms with E-state index in [1.165, 1.54) is 0 Å². The van der Waals surface area contributed by atoms with Gasteiger partial charge in [-0.1, -0.05) is 22.0 Å². The lowest BCUT2D eigenvalue weighted by molar-refractivity contribution is -0.136. The molecule has 0 atom stereocenters. The summed E-state index contributed by atoms with van der Waals surface area (Å²) in [6.07, 6.45) is -1.26. The average molecular weight is 286 g/mol. The predicted molar refractivity (Wildman–Crippen MR) is 59.7 cm³/mol. The molecule has 15 heavy (non-hydrogen) atoms. The zero-order valence-corrected chi connectivity index (χ0v) is 10.6. The molecule has 5 heteroatoms. The van der Waals surface area contributed by atoms with Crippen LogP contribution in [0.3, 0.4) is 0 Å². The van der Waals surface area contributed by atoms with Crippen molar-refractivity contribution >= 4 is 15.9 Å². The summed E-state index contributed by atoms with van der Waals surface area (Å²) in [4.78, 5) is 1.58. The van der Waals surface area contributed by atoms with Gasteiger partial charge in [0, 0.05) is 23.8 Å². The Labute approximate surface area is 96.8 Å². The Balaban J connectivity index is 4.22. The fourth-order valence-electron chi connectivity index (χ4n) is 0.864.